The molecule has 0 radical (unpaired) electrons. The van der Waals surface area contributed by atoms with E-state index in [-0.39, 0.29) is 0 Å². The number of hydrogen-bond donors (Lipinski definition) is 1. The Morgan fingerprint density at radius 3 is 2.50 bits per heavy atom. The van der Waals surface area contributed by atoms with E-state index < -0.39 is 0 Å². The Bertz CT molecular complexity index is 554. The lowest BCUT2D eigenvalue weighted by Gasteiger charge is -2.19. The maximum Gasteiger partial charge on any atom is 0.119 e. The van der Waals surface area contributed by atoms with E-state index >= 15 is 0 Å². The van der Waals surface area contributed by atoms with Gasteiger partial charge in [0.2, 0.25) is 0 Å². The second-order valence-corrected chi connectivity index (χ2v) is 5.73. The third kappa shape index (κ3) is 4.78. The molecule has 2 aromatic rings. The molecule has 1 atom stereocenters. The minimum absolute atomic E-state index is 0.388. The van der Waals surface area contributed by atoms with E-state index in [1.54, 1.807) is 0 Å². The first-order valence-corrected chi connectivity index (χ1v) is 7.86. The largest absolute Gasteiger partial charge is 0.494 e. The van der Waals surface area contributed by atoms with Crippen molar-refractivity contribution in [3.05, 3.63) is 60.2 Å². The van der Waals surface area contributed by atoms with Crippen molar-refractivity contribution in [2.24, 2.45) is 5.73 Å². The molecule has 0 aliphatic carbocycles. The van der Waals surface area contributed by atoms with Crippen molar-refractivity contribution < 1.29 is 4.74 Å². The van der Waals surface area contributed by atoms with Crippen LogP contribution >= 0.6 is 0 Å². The summed E-state index contributed by atoms with van der Waals surface area (Å²) in [7, 11) is 4.12. The fraction of sp³-hybridized carbons (Fsp3) is 0.368. The SMILES string of the molecule is CN(C)c1cccc(C(CN)CCCOc2ccccc2)c1. The topological polar surface area (TPSA) is 38.5 Å². The Balaban J connectivity index is 1.85. The zero-order valence-electron chi connectivity index (χ0n) is 13.5. The number of hydrogen-bond acceptors (Lipinski definition) is 3. The van der Waals surface area contributed by atoms with Crippen LogP contribution in [0.5, 0.6) is 5.75 Å². The number of para-hydroxylation sites is 1. The molecule has 0 aliphatic heterocycles. The van der Waals surface area contributed by atoms with Gasteiger partial charge in [-0.1, -0.05) is 30.3 Å². The first-order chi connectivity index (χ1) is 10.7. The molecule has 2 N–H and O–H groups in total. The summed E-state index contributed by atoms with van der Waals surface area (Å²) in [5, 5.41) is 0. The highest BCUT2D eigenvalue weighted by atomic mass is 16.5. The smallest absolute Gasteiger partial charge is 0.119 e. The van der Waals surface area contributed by atoms with Gasteiger partial charge in [0.25, 0.3) is 0 Å². The van der Waals surface area contributed by atoms with Gasteiger partial charge in [-0.3, -0.25) is 0 Å². The van der Waals surface area contributed by atoms with Crippen LogP contribution in [0.1, 0.15) is 24.3 Å². The predicted molar refractivity (Wildman–Crippen MR) is 93.7 cm³/mol. The quantitative estimate of drug-likeness (QED) is 0.756. The van der Waals surface area contributed by atoms with Gasteiger partial charge in [-0.2, -0.15) is 0 Å². The van der Waals surface area contributed by atoms with Crippen LogP contribution in [-0.4, -0.2) is 27.2 Å². The summed E-state index contributed by atoms with van der Waals surface area (Å²) in [6.45, 7) is 1.40. The van der Waals surface area contributed by atoms with Gasteiger partial charge in [-0.25, -0.2) is 0 Å². The van der Waals surface area contributed by atoms with Crippen molar-refractivity contribution in [3.8, 4) is 5.75 Å². The molecule has 2 rings (SSSR count). The molecule has 0 heterocycles. The van der Waals surface area contributed by atoms with Crippen LogP contribution in [0.4, 0.5) is 5.69 Å². The normalized spacial score (nSPS) is 12.0. The van der Waals surface area contributed by atoms with Gasteiger partial charge in [0.1, 0.15) is 5.75 Å². The highest BCUT2D eigenvalue weighted by Gasteiger charge is 2.10. The molecule has 118 valence electrons. The lowest BCUT2D eigenvalue weighted by molar-refractivity contribution is 0.302. The molecule has 0 amide bonds. The maximum atomic E-state index is 5.97. The van der Waals surface area contributed by atoms with Crippen molar-refractivity contribution in [2.45, 2.75) is 18.8 Å². The molecule has 0 fully saturated rings. The third-order valence-corrected chi connectivity index (χ3v) is 3.85. The van der Waals surface area contributed by atoms with Gasteiger partial charge in [0, 0.05) is 19.8 Å². The molecule has 3 heteroatoms. The zero-order chi connectivity index (χ0) is 15.8. The van der Waals surface area contributed by atoms with Gasteiger partial charge >= 0.3 is 0 Å². The molecular weight excluding hydrogens is 272 g/mol. The van der Waals surface area contributed by atoms with Gasteiger partial charge in [-0.15, -0.1) is 0 Å². The average molecular weight is 298 g/mol. The van der Waals surface area contributed by atoms with Gasteiger partial charge in [0.15, 0.2) is 0 Å². The van der Waals surface area contributed by atoms with Gasteiger partial charge in [-0.05, 0) is 55.1 Å². The Labute approximate surface area is 133 Å². The highest BCUT2D eigenvalue weighted by Crippen LogP contribution is 2.24. The summed E-state index contributed by atoms with van der Waals surface area (Å²) in [5.74, 6) is 1.32. The predicted octanol–water partition coefficient (Wildman–Crippen LogP) is 3.65. The molecule has 0 saturated carbocycles. The minimum Gasteiger partial charge on any atom is -0.494 e. The van der Waals surface area contributed by atoms with Crippen LogP contribution in [0.15, 0.2) is 54.6 Å². The summed E-state index contributed by atoms with van der Waals surface area (Å²) < 4.78 is 5.75. The molecule has 1 unspecified atom stereocenters. The Morgan fingerprint density at radius 1 is 1.05 bits per heavy atom. The van der Waals surface area contributed by atoms with E-state index in [9.17, 15) is 0 Å². The van der Waals surface area contributed by atoms with Crippen LogP contribution in [0.2, 0.25) is 0 Å². The monoisotopic (exact) mass is 298 g/mol. The molecule has 0 bridgehead atoms. The Kier molecular flexibility index (Phi) is 6.28. The highest BCUT2D eigenvalue weighted by molar-refractivity contribution is 5.48. The molecular formula is C19H26N2O. The molecule has 3 nitrogen and oxygen atoms in total. The van der Waals surface area contributed by atoms with Crippen molar-refractivity contribution in [3.63, 3.8) is 0 Å². The molecule has 0 aromatic heterocycles. The first-order valence-electron chi connectivity index (χ1n) is 7.86. The summed E-state index contributed by atoms with van der Waals surface area (Å²) in [6.07, 6.45) is 2.04. The van der Waals surface area contributed by atoms with Crippen molar-refractivity contribution in [2.75, 3.05) is 32.1 Å². The Morgan fingerprint density at radius 2 is 1.82 bits per heavy atom. The van der Waals surface area contributed by atoms with E-state index in [4.69, 9.17) is 10.5 Å². The average Bonchev–Trinajstić information content (AvgIpc) is 2.56. The van der Waals surface area contributed by atoms with Crippen LogP contribution < -0.4 is 15.4 Å². The Hall–Kier alpha value is -2.00. The van der Waals surface area contributed by atoms with E-state index in [2.05, 4.69) is 43.3 Å². The summed E-state index contributed by atoms with van der Waals surface area (Å²) in [4.78, 5) is 2.12. The minimum atomic E-state index is 0.388. The number of benzene rings is 2. The van der Waals surface area contributed by atoms with Crippen molar-refractivity contribution in [1.82, 2.24) is 0 Å². The number of rotatable bonds is 8. The standard InChI is InChI=1S/C19H26N2O/c1-21(2)18-10-6-8-16(14-18)17(15-20)9-7-13-22-19-11-4-3-5-12-19/h3-6,8,10-12,14,17H,7,9,13,15,20H2,1-2H3. The first kappa shape index (κ1) is 16.4. The lowest BCUT2D eigenvalue weighted by atomic mass is 9.94. The van der Waals surface area contributed by atoms with E-state index in [0.717, 1.165) is 25.2 Å². The van der Waals surface area contributed by atoms with Crippen molar-refractivity contribution >= 4 is 5.69 Å². The molecule has 0 saturated heterocycles. The van der Waals surface area contributed by atoms with E-state index in [1.807, 2.05) is 30.3 Å². The van der Waals surface area contributed by atoms with Gasteiger partial charge < -0.3 is 15.4 Å². The molecule has 0 spiro atoms. The lowest BCUT2D eigenvalue weighted by Crippen LogP contribution is -2.15. The zero-order valence-corrected chi connectivity index (χ0v) is 13.5. The number of nitrogens with zero attached hydrogens (tertiary/aromatic N) is 1. The van der Waals surface area contributed by atoms with Gasteiger partial charge in [0.05, 0.1) is 6.61 Å². The molecule has 2 aromatic carbocycles. The van der Waals surface area contributed by atoms with E-state index in [0.29, 0.717) is 12.5 Å². The second-order valence-electron chi connectivity index (χ2n) is 5.73. The molecule has 0 aliphatic rings. The fourth-order valence-corrected chi connectivity index (χ4v) is 2.51. The maximum absolute atomic E-state index is 5.97. The second kappa shape index (κ2) is 8.44. The van der Waals surface area contributed by atoms with Crippen LogP contribution in [0.3, 0.4) is 0 Å². The summed E-state index contributed by atoms with van der Waals surface area (Å²) >= 11 is 0. The van der Waals surface area contributed by atoms with Crippen LogP contribution in [0, 0.1) is 0 Å². The summed E-state index contributed by atoms with van der Waals surface area (Å²) in [6, 6.07) is 18.6. The number of anilines is 1. The van der Waals surface area contributed by atoms with Crippen molar-refractivity contribution in [1.29, 1.82) is 0 Å². The van der Waals surface area contributed by atoms with E-state index in [1.165, 1.54) is 11.3 Å². The van der Waals surface area contributed by atoms with Crippen LogP contribution in [0.25, 0.3) is 0 Å². The molecule has 22 heavy (non-hydrogen) atoms. The third-order valence-electron chi connectivity index (χ3n) is 3.85. The number of ether oxygens (including phenoxy) is 1. The summed E-state index contributed by atoms with van der Waals surface area (Å²) in [5.41, 5.74) is 8.50. The van der Waals surface area contributed by atoms with Crippen LogP contribution in [-0.2, 0) is 0 Å². The fourth-order valence-electron chi connectivity index (χ4n) is 2.51. The number of nitrogens with two attached hydrogens (primary N) is 1.